The molecule has 1 aromatic carbocycles. The van der Waals surface area contributed by atoms with Crippen molar-refractivity contribution < 1.29 is 23.8 Å². The van der Waals surface area contributed by atoms with E-state index in [0.29, 0.717) is 12.8 Å². The second-order valence-corrected chi connectivity index (χ2v) is 14.4. The van der Waals surface area contributed by atoms with Gasteiger partial charge in [-0.3, -0.25) is 4.79 Å². The van der Waals surface area contributed by atoms with E-state index in [2.05, 4.69) is 39.9 Å². The smallest absolute Gasteiger partial charge is 0.305 e. The summed E-state index contributed by atoms with van der Waals surface area (Å²) in [6.07, 6.45) is 1.99. The SMILES string of the molecule is COC(=O)CCc1cccc2c1O[C@H]1C[C@H](C(O)O[Si](C)(C)C(C)(C)C)C[C@@H]21. The number of methoxy groups -OCH3 is 1. The van der Waals surface area contributed by atoms with Gasteiger partial charge in [-0.15, -0.1) is 0 Å². The standard InChI is InChI=1S/C22H34O5Si/c1-22(2,3)28(5,6)27-21(24)15-12-17-16-9-7-8-14(10-11-19(23)25-4)20(16)26-18(17)13-15/h7-9,15,17-18,21,24H,10-13H2,1-6H3/t15-,17+,18+,21?/m1/s1. The van der Waals surface area contributed by atoms with Gasteiger partial charge in [0.15, 0.2) is 8.32 Å². The van der Waals surface area contributed by atoms with Crippen LogP contribution in [0.15, 0.2) is 18.2 Å². The predicted molar refractivity (Wildman–Crippen MR) is 111 cm³/mol. The molecule has 1 aliphatic heterocycles. The van der Waals surface area contributed by atoms with Crippen molar-refractivity contribution in [2.24, 2.45) is 5.92 Å². The first-order chi connectivity index (χ1) is 13.0. The van der Waals surface area contributed by atoms with Gasteiger partial charge >= 0.3 is 5.97 Å². The van der Waals surface area contributed by atoms with Crippen molar-refractivity contribution >= 4 is 14.3 Å². The quantitative estimate of drug-likeness (QED) is 0.431. The van der Waals surface area contributed by atoms with Gasteiger partial charge in [-0.2, -0.15) is 0 Å². The van der Waals surface area contributed by atoms with Gasteiger partial charge in [0.1, 0.15) is 18.1 Å². The molecule has 0 amide bonds. The van der Waals surface area contributed by atoms with Crippen molar-refractivity contribution in [3.05, 3.63) is 29.3 Å². The Morgan fingerprint density at radius 1 is 1.32 bits per heavy atom. The fourth-order valence-electron chi connectivity index (χ4n) is 4.03. The lowest BCUT2D eigenvalue weighted by Gasteiger charge is -2.39. The minimum atomic E-state index is -2.01. The van der Waals surface area contributed by atoms with E-state index in [9.17, 15) is 9.90 Å². The minimum absolute atomic E-state index is 0.0695. The van der Waals surface area contributed by atoms with Gasteiger partial charge < -0.3 is 19.0 Å². The number of carbonyl (C=O) groups is 1. The Labute approximate surface area is 169 Å². The largest absolute Gasteiger partial charge is 0.489 e. The van der Waals surface area contributed by atoms with E-state index in [1.54, 1.807) is 0 Å². The highest BCUT2D eigenvalue weighted by Gasteiger charge is 2.48. The molecule has 1 aromatic rings. The van der Waals surface area contributed by atoms with Crippen molar-refractivity contribution in [3.8, 4) is 5.75 Å². The topological polar surface area (TPSA) is 65.0 Å². The third-order valence-corrected chi connectivity index (χ3v) is 11.2. The van der Waals surface area contributed by atoms with Gasteiger partial charge in [0, 0.05) is 23.8 Å². The van der Waals surface area contributed by atoms with Crippen molar-refractivity contribution in [1.29, 1.82) is 0 Å². The van der Waals surface area contributed by atoms with Crippen molar-refractivity contribution in [2.75, 3.05) is 7.11 Å². The van der Waals surface area contributed by atoms with Gasteiger partial charge in [0.25, 0.3) is 0 Å². The van der Waals surface area contributed by atoms with Crippen LogP contribution in [0.1, 0.15) is 57.1 Å². The maximum Gasteiger partial charge on any atom is 0.305 e. The number of rotatable bonds is 6. The van der Waals surface area contributed by atoms with E-state index >= 15 is 0 Å². The number of carbonyl (C=O) groups excluding carboxylic acids is 1. The lowest BCUT2D eigenvalue weighted by molar-refractivity contribution is -0.140. The van der Waals surface area contributed by atoms with E-state index in [-0.39, 0.29) is 28.9 Å². The third-order valence-electron chi connectivity index (χ3n) is 6.79. The maximum absolute atomic E-state index is 11.5. The Hall–Kier alpha value is -1.37. The molecule has 1 fully saturated rings. The molecule has 4 atom stereocenters. The molecule has 28 heavy (non-hydrogen) atoms. The van der Waals surface area contributed by atoms with Crippen molar-refractivity contribution in [1.82, 2.24) is 0 Å². The van der Waals surface area contributed by atoms with Crippen LogP contribution in [0.3, 0.4) is 0 Å². The Morgan fingerprint density at radius 2 is 2.04 bits per heavy atom. The summed E-state index contributed by atoms with van der Waals surface area (Å²) in [6, 6.07) is 6.17. The van der Waals surface area contributed by atoms with Crippen LogP contribution in [0.4, 0.5) is 0 Å². The third kappa shape index (κ3) is 4.14. The number of aryl methyl sites for hydroxylation is 1. The first-order valence-corrected chi connectivity index (χ1v) is 13.2. The number of benzene rings is 1. The summed E-state index contributed by atoms with van der Waals surface area (Å²) in [5.41, 5.74) is 2.27. The van der Waals surface area contributed by atoms with E-state index in [1.165, 1.54) is 12.7 Å². The van der Waals surface area contributed by atoms with Crippen LogP contribution in [0.5, 0.6) is 5.75 Å². The molecule has 1 aliphatic carbocycles. The van der Waals surface area contributed by atoms with Crippen LogP contribution >= 0.6 is 0 Å². The molecule has 2 aliphatic rings. The Kier molecular flexibility index (Phi) is 5.95. The summed E-state index contributed by atoms with van der Waals surface area (Å²) in [5.74, 6) is 1.10. The molecule has 1 heterocycles. The fourth-order valence-corrected chi connectivity index (χ4v) is 5.18. The average Bonchev–Trinajstić information content (AvgIpc) is 3.16. The lowest BCUT2D eigenvalue weighted by Crippen LogP contribution is -2.45. The normalized spacial score (nSPS) is 25.0. The molecule has 156 valence electrons. The zero-order valence-electron chi connectivity index (χ0n) is 18.0. The number of hydrogen-bond donors (Lipinski definition) is 1. The highest BCUT2D eigenvalue weighted by atomic mass is 28.4. The molecule has 1 saturated carbocycles. The summed E-state index contributed by atoms with van der Waals surface area (Å²) >= 11 is 0. The molecule has 0 saturated heterocycles. The van der Waals surface area contributed by atoms with Crippen LogP contribution in [-0.4, -0.2) is 38.9 Å². The van der Waals surface area contributed by atoms with Gasteiger partial charge in [0.05, 0.1) is 7.11 Å². The molecular weight excluding hydrogens is 372 g/mol. The second kappa shape index (κ2) is 7.80. The number of fused-ring (bicyclic) bond motifs is 3. The zero-order chi connectivity index (χ0) is 20.7. The van der Waals surface area contributed by atoms with Crippen LogP contribution in [0.2, 0.25) is 18.1 Å². The monoisotopic (exact) mass is 406 g/mol. The van der Waals surface area contributed by atoms with Crippen LogP contribution in [0.25, 0.3) is 0 Å². The fraction of sp³-hybridized carbons (Fsp3) is 0.682. The molecule has 1 N–H and O–H groups in total. The van der Waals surface area contributed by atoms with Gasteiger partial charge in [0.2, 0.25) is 0 Å². The predicted octanol–water partition coefficient (Wildman–Crippen LogP) is 4.39. The minimum Gasteiger partial charge on any atom is -0.489 e. The number of aliphatic hydroxyl groups excluding tert-OH is 1. The molecule has 0 aromatic heterocycles. The summed E-state index contributed by atoms with van der Waals surface area (Å²) < 4.78 is 17.3. The number of aliphatic hydroxyl groups is 1. The first kappa shape index (κ1) is 21.3. The van der Waals surface area contributed by atoms with E-state index in [0.717, 1.165) is 24.2 Å². The number of para-hydroxylation sites is 1. The van der Waals surface area contributed by atoms with Gasteiger partial charge in [-0.1, -0.05) is 39.0 Å². The van der Waals surface area contributed by atoms with E-state index in [4.69, 9.17) is 13.9 Å². The molecular formula is C22H34O5Si. The Bertz CT molecular complexity index is 724. The highest BCUT2D eigenvalue weighted by molar-refractivity contribution is 6.74. The summed E-state index contributed by atoms with van der Waals surface area (Å²) in [6.45, 7) is 10.9. The number of ether oxygens (including phenoxy) is 2. The Balaban J connectivity index is 1.68. The molecule has 0 spiro atoms. The molecule has 5 nitrogen and oxygen atoms in total. The Morgan fingerprint density at radius 3 is 2.68 bits per heavy atom. The lowest BCUT2D eigenvalue weighted by atomic mass is 9.94. The summed E-state index contributed by atoms with van der Waals surface area (Å²) in [7, 11) is -0.599. The molecule has 6 heteroatoms. The summed E-state index contributed by atoms with van der Waals surface area (Å²) in [5, 5.41) is 10.9. The second-order valence-electron chi connectivity index (χ2n) is 9.67. The van der Waals surface area contributed by atoms with Crippen molar-refractivity contribution in [3.63, 3.8) is 0 Å². The molecule has 1 unspecified atom stereocenters. The van der Waals surface area contributed by atoms with Gasteiger partial charge in [-0.25, -0.2) is 0 Å². The van der Waals surface area contributed by atoms with Crippen molar-refractivity contribution in [2.45, 2.75) is 82.9 Å². The van der Waals surface area contributed by atoms with Gasteiger partial charge in [-0.05, 0) is 43.0 Å². The highest BCUT2D eigenvalue weighted by Crippen LogP contribution is 2.52. The maximum atomic E-state index is 11.5. The molecule has 3 rings (SSSR count). The number of esters is 1. The summed E-state index contributed by atoms with van der Waals surface area (Å²) in [4.78, 5) is 11.5. The van der Waals surface area contributed by atoms with Crippen LogP contribution in [0, 0.1) is 5.92 Å². The first-order valence-electron chi connectivity index (χ1n) is 10.2. The van der Waals surface area contributed by atoms with E-state index < -0.39 is 14.6 Å². The zero-order valence-corrected chi connectivity index (χ0v) is 19.0. The number of hydrogen-bond acceptors (Lipinski definition) is 5. The van der Waals surface area contributed by atoms with Crippen LogP contribution < -0.4 is 4.74 Å². The van der Waals surface area contributed by atoms with Crippen LogP contribution in [-0.2, 0) is 20.4 Å². The van der Waals surface area contributed by atoms with E-state index in [1.807, 2.05) is 12.1 Å². The average molecular weight is 407 g/mol. The molecule has 0 radical (unpaired) electrons. The molecule has 0 bridgehead atoms.